The van der Waals surface area contributed by atoms with Crippen LogP contribution in [0.5, 0.6) is 0 Å². The molecule has 2 amide bonds. The number of fused-ring (bicyclic) bond motifs is 2. The Balaban J connectivity index is 1.75. The van der Waals surface area contributed by atoms with Crippen LogP contribution in [0.3, 0.4) is 0 Å². The Morgan fingerprint density at radius 2 is 1.68 bits per heavy atom. The van der Waals surface area contributed by atoms with Crippen LogP contribution in [0, 0.1) is 0 Å². The van der Waals surface area contributed by atoms with Crippen LogP contribution in [0.25, 0.3) is 5.65 Å². The Morgan fingerprint density at radius 1 is 1.00 bits per heavy atom. The van der Waals surface area contributed by atoms with Crippen molar-refractivity contribution >= 4 is 17.5 Å². The van der Waals surface area contributed by atoms with Gasteiger partial charge in [-0.2, -0.15) is 0 Å². The lowest BCUT2D eigenvalue weighted by Gasteiger charge is -2.22. The van der Waals surface area contributed by atoms with E-state index in [1.165, 1.54) is 4.90 Å². The first-order chi connectivity index (χ1) is 10.7. The number of pyridine rings is 1. The SMILES string of the molecule is CC(c1ccc2nccn2c1)N1C(=O)c2ccccc2C1=O. The molecule has 3 aromatic rings. The molecule has 4 rings (SSSR count). The molecule has 108 valence electrons. The van der Waals surface area contributed by atoms with E-state index in [1.807, 2.05) is 35.9 Å². The average molecular weight is 291 g/mol. The molecule has 0 radical (unpaired) electrons. The fourth-order valence-corrected chi connectivity index (χ4v) is 2.89. The van der Waals surface area contributed by atoms with Crippen LogP contribution in [0.15, 0.2) is 55.0 Å². The van der Waals surface area contributed by atoms with Crippen molar-refractivity contribution < 1.29 is 9.59 Å². The fraction of sp³-hybridized carbons (Fsp3) is 0.118. The van der Waals surface area contributed by atoms with Gasteiger partial charge in [0.05, 0.1) is 17.2 Å². The van der Waals surface area contributed by atoms with Gasteiger partial charge in [0.2, 0.25) is 0 Å². The Kier molecular flexibility index (Phi) is 2.63. The van der Waals surface area contributed by atoms with E-state index in [0.29, 0.717) is 11.1 Å². The lowest BCUT2D eigenvalue weighted by molar-refractivity contribution is 0.0595. The average Bonchev–Trinajstić information content (AvgIpc) is 3.10. The van der Waals surface area contributed by atoms with Crippen LogP contribution in [0.1, 0.15) is 39.2 Å². The minimum absolute atomic E-state index is 0.237. The summed E-state index contributed by atoms with van der Waals surface area (Å²) in [5.41, 5.74) is 2.67. The number of rotatable bonds is 2. The molecule has 0 spiro atoms. The van der Waals surface area contributed by atoms with Crippen molar-refractivity contribution in [3.63, 3.8) is 0 Å². The smallest absolute Gasteiger partial charge is 0.262 e. The quantitative estimate of drug-likeness (QED) is 0.682. The van der Waals surface area contributed by atoms with Crippen molar-refractivity contribution in [3.8, 4) is 0 Å². The molecule has 0 bridgehead atoms. The van der Waals surface area contributed by atoms with Crippen LogP contribution in [0.4, 0.5) is 0 Å². The number of amides is 2. The second-order valence-corrected chi connectivity index (χ2v) is 5.36. The van der Waals surface area contributed by atoms with Gasteiger partial charge in [-0.1, -0.05) is 18.2 Å². The number of hydrogen-bond donors (Lipinski definition) is 0. The number of nitrogens with zero attached hydrogens (tertiary/aromatic N) is 3. The Hall–Kier alpha value is -2.95. The number of carbonyl (C=O) groups is 2. The molecule has 0 saturated heterocycles. The highest BCUT2D eigenvalue weighted by atomic mass is 16.2. The van der Waals surface area contributed by atoms with Crippen LogP contribution in [-0.4, -0.2) is 26.1 Å². The zero-order valence-electron chi connectivity index (χ0n) is 11.9. The van der Waals surface area contributed by atoms with E-state index in [2.05, 4.69) is 4.98 Å². The van der Waals surface area contributed by atoms with Gasteiger partial charge in [0, 0.05) is 18.6 Å². The largest absolute Gasteiger partial charge is 0.307 e. The van der Waals surface area contributed by atoms with E-state index >= 15 is 0 Å². The van der Waals surface area contributed by atoms with Gasteiger partial charge in [0.15, 0.2) is 0 Å². The van der Waals surface area contributed by atoms with Crippen molar-refractivity contribution in [3.05, 3.63) is 71.7 Å². The predicted octanol–water partition coefficient (Wildman–Crippen LogP) is 2.69. The van der Waals surface area contributed by atoms with Gasteiger partial charge in [0.1, 0.15) is 5.65 Å². The summed E-state index contributed by atoms with van der Waals surface area (Å²) < 4.78 is 1.88. The third-order valence-electron chi connectivity index (χ3n) is 4.11. The van der Waals surface area contributed by atoms with Gasteiger partial charge in [-0.05, 0) is 30.7 Å². The molecule has 0 N–H and O–H groups in total. The summed E-state index contributed by atoms with van der Waals surface area (Å²) in [6, 6.07) is 10.4. The second kappa shape index (κ2) is 4.53. The summed E-state index contributed by atoms with van der Waals surface area (Å²) in [7, 11) is 0. The van der Waals surface area contributed by atoms with Crippen molar-refractivity contribution in [2.24, 2.45) is 0 Å². The molecule has 2 aromatic heterocycles. The van der Waals surface area contributed by atoms with E-state index in [4.69, 9.17) is 0 Å². The first-order valence-corrected chi connectivity index (χ1v) is 7.06. The highest BCUT2D eigenvalue weighted by Gasteiger charge is 2.38. The monoisotopic (exact) mass is 291 g/mol. The number of hydrogen-bond acceptors (Lipinski definition) is 3. The first kappa shape index (κ1) is 12.8. The molecule has 0 fully saturated rings. The molecule has 1 aromatic carbocycles. The lowest BCUT2D eigenvalue weighted by Crippen LogP contribution is -2.32. The predicted molar refractivity (Wildman–Crippen MR) is 80.5 cm³/mol. The van der Waals surface area contributed by atoms with Crippen molar-refractivity contribution in [1.82, 2.24) is 14.3 Å². The number of imidazole rings is 1. The summed E-state index contributed by atoms with van der Waals surface area (Å²) in [5, 5.41) is 0. The molecule has 3 heterocycles. The van der Waals surface area contributed by atoms with E-state index < -0.39 is 0 Å². The molecular formula is C17H13N3O2. The molecule has 1 unspecified atom stereocenters. The lowest BCUT2D eigenvalue weighted by atomic mass is 10.1. The van der Waals surface area contributed by atoms with Gasteiger partial charge < -0.3 is 4.40 Å². The molecule has 1 aliphatic rings. The highest BCUT2D eigenvalue weighted by molar-refractivity contribution is 6.21. The van der Waals surface area contributed by atoms with E-state index in [9.17, 15) is 9.59 Å². The van der Waals surface area contributed by atoms with E-state index in [0.717, 1.165) is 11.2 Å². The maximum absolute atomic E-state index is 12.5. The Bertz CT molecular complexity index is 878. The van der Waals surface area contributed by atoms with Gasteiger partial charge in [-0.3, -0.25) is 14.5 Å². The number of aromatic nitrogens is 2. The minimum atomic E-state index is -0.334. The molecule has 1 atom stereocenters. The third kappa shape index (κ3) is 1.69. The minimum Gasteiger partial charge on any atom is -0.307 e. The topological polar surface area (TPSA) is 54.7 Å². The van der Waals surface area contributed by atoms with Gasteiger partial charge in [0.25, 0.3) is 11.8 Å². The zero-order chi connectivity index (χ0) is 15.3. The fourth-order valence-electron chi connectivity index (χ4n) is 2.89. The van der Waals surface area contributed by atoms with E-state index in [1.54, 1.807) is 30.5 Å². The molecule has 5 nitrogen and oxygen atoms in total. The molecular weight excluding hydrogens is 278 g/mol. The van der Waals surface area contributed by atoms with Gasteiger partial charge >= 0.3 is 0 Å². The van der Waals surface area contributed by atoms with E-state index in [-0.39, 0.29) is 17.9 Å². The summed E-state index contributed by atoms with van der Waals surface area (Å²) >= 11 is 0. The third-order valence-corrected chi connectivity index (χ3v) is 4.11. The molecule has 0 aliphatic carbocycles. The number of carbonyl (C=O) groups excluding carboxylic acids is 2. The zero-order valence-corrected chi connectivity index (χ0v) is 11.9. The molecule has 22 heavy (non-hydrogen) atoms. The normalized spacial score (nSPS) is 15.4. The van der Waals surface area contributed by atoms with Gasteiger partial charge in [-0.15, -0.1) is 0 Å². The van der Waals surface area contributed by atoms with Crippen LogP contribution in [-0.2, 0) is 0 Å². The van der Waals surface area contributed by atoms with Crippen LogP contribution in [0.2, 0.25) is 0 Å². The maximum Gasteiger partial charge on any atom is 0.262 e. The summed E-state index contributed by atoms with van der Waals surface area (Å²) in [6.07, 6.45) is 5.45. The molecule has 5 heteroatoms. The second-order valence-electron chi connectivity index (χ2n) is 5.36. The Labute approximate surface area is 126 Å². The van der Waals surface area contributed by atoms with Crippen molar-refractivity contribution in [2.75, 3.05) is 0 Å². The highest BCUT2D eigenvalue weighted by Crippen LogP contribution is 2.31. The number of imide groups is 1. The first-order valence-electron chi connectivity index (χ1n) is 7.06. The molecule has 1 aliphatic heterocycles. The Morgan fingerprint density at radius 3 is 2.36 bits per heavy atom. The summed E-state index contributed by atoms with van der Waals surface area (Å²) in [4.78, 5) is 30.6. The number of benzene rings is 1. The van der Waals surface area contributed by atoms with Crippen molar-refractivity contribution in [1.29, 1.82) is 0 Å². The van der Waals surface area contributed by atoms with Crippen LogP contribution < -0.4 is 0 Å². The van der Waals surface area contributed by atoms with Gasteiger partial charge in [-0.25, -0.2) is 4.98 Å². The molecule has 0 saturated carbocycles. The van der Waals surface area contributed by atoms with Crippen molar-refractivity contribution in [2.45, 2.75) is 13.0 Å². The van der Waals surface area contributed by atoms with Crippen LogP contribution >= 0.6 is 0 Å². The summed E-state index contributed by atoms with van der Waals surface area (Å²) in [5.74, 6) is -0.474. The standard InChI is InChI=1S/C17H13N3O2/c1-11(12-6-7-15-18-8-9-19(15)10-12)20-16(21)13-4-2-3-5-14(13)17(20)22/h2-11H,1H3. The summed E-state index contributed by atoms with van der Waals surface area (Å²) in [6.45, 7) is 1.86. The maximum atomic E-state index is 12.5.